The maximum absolute atomic E-state index is 5.33. The Hall–Kier alpha value is -2.43. The zero-order chi connectivity index (χ0) is 19.7. The molecule has 2 heterocycles. The molecule has 0 radical (unpaired) electrons. The van der Waals surface area contributed by atoms with E-state index in [9.17, 15) is 0 Å². The molecule has 0 amide bonds. The molecule has 28 heavy (non-hydrogen) atoms. The Morgan fingerprint density at radius 2 is 1.93 bits per heavy atom. The van der Waals surface area contributed by atoms with E-state index in [4.69, 9.17) is 9.72 Å². The van der Waals surface area contributed by atoms with E-state index < -0.39 is 0 Å². The van der Waals surface area contributed by atoms with Crippen LogP contribution in [0.3, 0.4) is 0 Å². The van der Waals surface area contributed by atoms with Gasteiger partial charge in [0.05, 0.1) is 18.3 Å². The summed E-state index contributed by atoms with van der Waals surface area (Å²) in [6, 6.07) is 17.7. The van der Waals surface area contributed by atoms with Gasteiger partial charge in [0.25, 0.3) is 0 Å². The van der Waals surface area contributed by atoms with Crippen molar-refractivity contribution in [3.63, 3.8) is 0 Å². The summed E-state index contributed by atoms with van der Waals surface area (Å²) in [6.45, 7) is 5.33. The second-order valence-electron chi connectivity index (χ2n) is 8.04. The number of ether oxygens (including phenoxy) is 1. The van der Waals surface area contributed by atoms with E-state index >= 15 is 0 Å². The Labute approximate surface area is 167 Å². The van der Waals surface area contributed by atoms with Gasteiger partial charge in [-0.1, -0.05) is 12.1 Å². The quantitative estimate of drug-likeness (QED) is 0.663. The monoisotopic (exact) mass is 375 g/mol. The van der Waals surface area contributed by atoms with Crippen LogP contribution >= 0.6 is 0 Å². The van der Waals surface area contributed by atoms with Gasteiger partial charge >= 0.3 is 0 Å². The van der Waals surface area contributed by atoms with Gasteiger partial charge in [-0.15, -0.1) is 0 Å². The third kappa shape index (κ3) is 3.89. The second-order valence-corrected chi connectivity index (χ2v) is 8.04. The lowest BCUT2D eigenvalue weighted by Crippen LogP contribution is -2.33. The predicted molar refractivity (Wildman–Crippen MR) is 116 cm³/mol. The average molecular weight is 376 g/mol. The second kappa shape index (κ2) is 7.90. The molecule has 4 rings (SSSR count). The molecule has 0 bridgehead atoms. The van der Waals surface area contributed by atoms with E-state index in [2.05, 4.69) is 67.2 Å². The Bertz CT molecular complexity index is 967. The summed E-state index contributed by atoms with van der Waals surface area (Å²) in [7, 11) is 6.14. The Balaban J connectivity index is 1.74. The molecule has 0 aliphatic carbocycles. The topological polar surface area (TPSA) is 28.6 Å². The predicted octanol–water partition coefficient (Wildman–Crippen LogP) is 4.35. The third-order valence-electron chi connectivity index (χ3n) is 5.83. The van der Waals surface area contributed by atoms with E-state index in [0.717, 1.165) is 35.6 Å². The van der Waals surface area contributed by atoms with Gasteiger partial charge in [0, 0.05) is 30.1 Å². The van der Waals surface area contributed by atoms with E-state index in [1.54, 1.807) is 7.11 Å². The fraction of sp³-hybridized carbons (Fsp3) is 0.375. The van der Waals surface area contributed by atoms with E-state index in [1.807, 2.05) is 12.1 Å². The summed E-state index contributed by atoms with van der Waals surface area (Å²) in [4.78, 5) is 9.97. The van der Waals surface area contributed by atoms with Crippen LogP contribution in [0.5, 0.6) is 5.75 Å². The normalized spacial score (nSPS) is 17.5. The first-order chi connectivity index (χ1) is 13.5. The highest BCUT2D eigenvalue weighted by Crippen LogP contribution is 2.29. The Kier molecular flexibility index (Phi) is 5.33. The molecule has 146 valence electrons. The zero-order valence-corrected chi connectivity index (χ0v) is 17.3. The van der Waals surface area contributed by atoms with Crippen molar-refractivity contribution in [3.05, 3.63) is 59.7 Å². The van der Waals surface area contributed by atoms with Gasteiger partial charge in [-0.3, -0.25) is 4.90 Å². The molecule has 4 nitrogen and oxygen atoms in total. The molecule has 1 saturated heterocycles. The molecular weight excluding hydrogens is 346 g/mol. The Morgan fingerprint density at radius 3 is 2.61 bits per heavy atom. The molecule has 3 aromatic rings. The number of pyridine rings is 1. The van der Waals surface area contributed by atoms with Crippen molar-refractivity contribution in [2.45, 2.75) is 25.9 Å². The lowest BCUT2D eigenvalue weighted by molar-refractivity contribution is 0.234. The minimum atomic E-state index is 0.599. The highest BCUT2D eigenvalue weighted by molar-refractivity contribution is 5.84. The van der Waals surface area contributed by atoms with E-state index in [1.165, 1.54) is 29.5 Å². The van der Waals surface area contributed by atoms with Gasteiger partial charge in [-0.2, -0.15) is 0 Å². The SMILES string of the molecule is COc1ccc(-c2nc3cc(C)ccc3cc2CN(C)[C@@H]2CCN(C)C2)cc1. The first-order valence-corrected chi connectivity index (χ1v) is 9.97. The van der Waals surface area contributed by atoms with Gasteiger partial charge < -0.3 is 9.64 Å². The molecule has 0 saturated carbocycles. The number of likely N-dealkylation sites (N-methyl/N-ethyl adjacent to an activating group) is 2. The molecule has 1 atom stereocenters. The summed E-state index contributed by atoms with van der Waals surface area (Å²) in [5.41, 5.74) is 5.77. The lowest BCUT2D eigenvalue weighted by Gasteiger charge is -2.25. The van der Waals surface area contributed by atoms with Crippen LogP contribution in [0.2, 0.25) is 0 Å². The number of aryl methyl sites for hydroxylation is 1. The number of methoxy groups -OCH3 is 1. The maximum Gasteiger partial charge on any atom is 0.118 e. The molecular formula is C24H29N3O. The molecule has 2 aromatic carbocycles. The summed E-state index contributed by atoms with van der Waals surface area (Å²) < 4.78 is 5.33. The molecule has 0 N–H and O–H groups in total. The molecule has 1 aliphatic rings. The van der Waals surface area contributed by atoms with E-state index in [-0.39, 0.29) is 0 Å². The molecule has 0 spiro atoms. The average Bonchev–Trinajstić information content (AvgIpc) is 3.14. The van der Waals surface area contributed by atoms with Gasteiger partial charge in [0.1, 0.15) is 5.75 Å². The number of rotatable bonds is 5. The van der Waals surface area contributed by atoms with Crippen LogP contribution < -0.4 is 4.74 Å². The van der Waals surface area contributed by atoms with Crippen molar-refractivity contribution in [3.8, 4) is 17.0 Å². The van der Waals surface area contributed by atoms with Crippen LogP contribution in [0.1, 0.15) is 17.5 Å². The fourth-order valence-electron chi connectivity index (χ4n) is 4.11. The molecule has 4 heteroatoms. The number of hydrogen-bond acceptors (Lipinski definition) is 4. The van der Waals surface area contributed by atoms with Crippen molar-refractivity contribution < 1.29 is 4.74 Å². The standard InChI is InChI=1S/C24H29N3O/c1-17-5-6-19-14-20(15-27(3)21-11-12-26(2)16-21)24(25-23(19)13-17)18-7-9-22(28-4)10-8-18/h5-10,13-14,21H,11-12,15-16H2,1-4H3/t21-/m1/s1. The van der Waals surface area contributed by atoms with Crippen LogP contribution in [0, 0.1) is 6.92 Å². The smallest absolute Gasteiger partial charge is 0.118 e. The summed E-state index contributed by atoms with van der Waals surface area (Å²) in [5.74, 6) is 0.869. The van der Waals surface area contributed by atoms with Crippen LogP contribution in [0.25, 0.3) is 22.2 Å². The van der Waals surface area contributed by atoms with Crippen molar-refractivity contribution >= 4 is 10.9 Å². The zero-order valence-electron chi connectivity index (χ0n) is 17.3. The largest absolute Gasteiger partial charge is 0.497 e. The number of benzene rings is 2. The fourth-order valence-corrected chi connectivity index (χ4v) is 4.11. The minimum absolute atomic E-state index is 0.599. The third-order valence-corrected chi connectivity index (χ3v) is 5.83. The number of aromatic nitrogens is 1. The Morgan fingerprint density at radius 1 is 1.14 bits per heavy atom. The van der Waals surface area contributed by atoms with Crippen LogP contribution in [-0.2, 0) is 6.54 Å². The number of fused-ring (bicyclic) bond motifs is 1. The van der Waals surface area contributed by atoms with E-state index in [0.29, 0.717) is 6.04 Å². The summed E-state index contributed by atoms with van der Waals surface area (Å²) in [5, 5.41) is 1.20. The molecule has 1 aromatic heterocycles. The first kappa shape index (κ1) is 18.9. The van der Waals surface area contributed by atoms with Gasteiger partial charge in [0.15, 0.2) is 0 Å². The highest BCUT2D eigenvalue weighted by atomic mass is 16.5. The van der Waals surface area contributed by atoms with Gasteiger partial charge in [-0.25, -0.2) is 4.98 Å². The number of nitrogens with zero attached hydrogens (tertiary/aromatic N) is 3. The van der Waals surface area contributed by atoms with Gasteiger partial charge in [-0.05, 0) is 81.5 Å². The molecule has 0 unspecified atom stereocenters. The maximum atomic E-state index is 5.33. The van der Waals surface area contributed by atoms with Crippen molar-refractivity contribution in [1.82, 2.24) is 14.8 Å². The summed E-state index contributed by atoms with van der Waals surface area (Å²) >= 11 is 0. The van der Waals surface area contributed by atoms with Crippen molar-refractivity contribution in [2.24, 2.45) is 0 Å². The number of hydrogen-bond donors (Lipinski definition) is 0. The first-order valence-electron chi connectivity index (χ1n) is 9.97. The summed E-state index contributed by atoms with van der Waals surface area (Å²) in [6.07, 6.45) is 1.23. The van der Waals surface area contributed by atoms with Crippen LogP contribution in [-0.4, -0.2) is 55.1 Å². The van der Waals surface area contributed by atoms with Crippen molar-refractivity contribution in [1.29, 1.82) is 0 Å². The minimum Gasteiger partial charge on any atom is -0.497 e. The molecule has 1 aliphatic heterocycles. The highest BCUT2D eigenvalue weighted by Gasteiger charge is 2.24. The molecule has 1 fully saturated rings. The van der Waals surface area contributed by atoms with Crippen molar-refractivity contribution in [2.75, 3.05) is 34.3 Å². The van der Waals surface area contributed by atoms with Crippen LogP contribution in [0.4, 0.5) is 0 Å². The van der Waals surface area contributed by atoms with Crippen LogP contribution in [0.15, 0.2) is 48.5 Å². The number of likely N-dealkylation sites (tertiary alicyclic amines) is 1. The lowest BCUT2D eigenvalue weighted by atomic mass is 10.0. The van der Waals surface area contributed by atoms with Gasteiger partial charge in [0.2, 0.25) is 0 Å².